The molecule has 2 atom stereocenters. The number of nitrogens with one attached hydrogen (secondary N) is 1. The molecule has 118 valence electrons. The van der Waals surface area contributed by atoms with Gasteiger partial charge >= 0.3 is 6.18 Å². The van der Waals surface area contributed by atoms with Crippen molar-refractivity contribution in [3.63, 3.8) is 0 Å². The summed E-state index contributed by atoms with van der Waals surface area (Å²) in [5.74, 6) is 0. The summed E-state index contributed by atoms with van der Waals surface area (Å²) in [5, 5.41) is 4.17. The molecule has 0 bridgehead atoms. The highest BCUT2D eigenvalue weighted by Gasteiger charge is 2.30. The van der Waals surface area contributed by atoms with E-state index in [0.717, 1.165) is 44.8 Å². The third-order valence-corrected chi connectivity index (χ3v) is 4.27. The summed E-state index contributed by atoms with van der Waals surface area (Å²) >= 11 is 1.46. The smallest absolute Gasteiger partial charge is 0.377 e. The van der Waals surface area contributed by atoms with Crippen LogP contribution in [0.1, 0.15) is 25.3 Å². The van der Waals surface area contributed by atoms with Gasteiger partial charge in [0.1, 0.15) is 0 Å². The maximum absolute atomic E-state index is 12.4. The summed E-state index contributed by atoms with van der Waals surface area (Å²) in [6.45, 7) is 4.46. The molecule has 0 aromatic carbocycles. The van der Waals surface area contributed by atoms with Gasteiger partial charge in [-0.05, 0) is 25.0 Å². The molecule has 1 aromatic rings. The molecule has 0 saturated carbocycles. The van der Waals surface area contributed by atoms with E-state index in [4.69, 9.17) is 4.74 Å². The van der Waals surface area contributed by atoms with Crippen molar-refractivity contribution in [3.8, 4) is 0 Å². The van der Waals surface area contributed by atoms with Crippen LogP contribution in [0.2, 0.25) is 0 Å². The van der Waals surface area contributed by atoms with E-state index in [1.165, 1.54) is 17.8 Å². The van der Waals surface area contributed by atoms with E-state index in [9.17, 15) is 13.2 Å². The Balaban J connectivity index is 1.73. The van der Waals surface area contributed by atoms with Crippen LogP contribution in [0.25, 0.3) is 0 Å². The number of ether oxygens (including phenoxy) is 1. The van der Waals surface area contributed by atoms with Gasteiger partial charge in [-0.1, -0.05) is 6.92 Å². The molecule has 3 nitrogen and oxygen atoms in total. The molecule has 1 N–H and O–H groups in total. The molecule has 2 rings (SSSR count). The third-order valence-electron chi connectivity index (χ3n) is 3.21. The molecule has 2 heterocycles. The predicted octanol–water partition coefficient (Wildman–Crippen LogP) is 3.35. The molecule has 7 heteroatoms. The molecule has 1 saturated heterocycles. The maximum Gasteiger partial charge on any atom is 0.417 e. The molecular formula is C14H19F3N2OS. The Hall–Kier alpha value is -0.790. The van der Waals surface area contributed by atoms with Crippen molar-refractivity contribution in [1.82, 2.24) is 10.3 Å². The zero-order valence-electron chi connectivity index (χ0n) is 11.8. The van der Waals surface area contributed by atoms with Crippen LogP contribution in [0.3, 0.4) is 0 Å². The van der Waals surface area contributed by atoms with Crippen molar-refractivity contribution in [3.05, 3.63) is 23.9 Å². The van der Waals surface area contributed by atoms with Gasteiger partial charge in [-0.15, -0.1) is 11.8 Å². The monoisotopic (exact) mass is 320 g/mol. The molecule has 21 heavy (non-hydrogen) atoms. The number of hydrogen-bond acceptors (Lipinski definition) is 4. The lowest BCUT2D eigenvalue weighted by atomic mass is 10.2. The Morgan fingerprint density at radius 3 is 2.86 bits per heavy atom. The van der Waals surface area contributed by atoms with Crippen molar-refractivity contribution in [1.29, 1.82) is 0 Å². The highest BCUT2D eigenvalue weighted by Crippen LogP contribution is 2.30. The van der Waals surface area contributed by atoms with Crippen LogP contribution >= 0.6 is 11.8 Å². The highest BCUT2D eigenvalue weighted by atomic mass is 32.2. The quantitative estimate of drug-likeness (QED) is 0.815. The van der Waals surface area contributed by atoms with Crippen molar-refractivity contribution in [2.24, 2.45) is 0 Å². The molecule has 1 aliphatic rings. The Morgan fingerprint density at radius 1 is 1.48 bits per heavy atom. The number of nitrogens with zero attached hydrogens (tertiary/aromatic N) is 1. The van der Waals surface area contributed by atoms with Crippen LogP contribution < -0.4 is 5.32 Å². The number of halogens is 3. The van der Waals surface area contributed by atoms with E-state index in [2.05, 4.69) is 10.3 Å². The minimum atomic E-state index is -4.33. The van der Waals surface area contributed by atoms with Crippen LogP contribution in [0.5, 0.6) is 0 Å². The van der Waals surface area contributed by atoms with E-state index < -0.39 is 11.7 Å². The standard InChI is InChI=1S/C14H19F3N2OS/c1-10(7-18-9-12-3-2-6-20-12)21-13-5-4-11(8-19-13)14(15,16)17/h4-5,8,10,12,18H,2-3,6-7,9H2,1H3. The van der Waals surface area contributed by atoms with E-state index in [1.807, 2.05) is 6.92 Å². The highest BCUT2D eigenvalue weighted by molar-refractivity contribution is 7.99. The maximum atomic E-state index is 12.4. The first kappa shape index (κ1) is 16.6. The van der Waals surface area contributed by atoms with Crippen LogP contribution in [0.4, 0.5) is 13.2 Å². The lowest BCUT2D eigenvalue weighted by Gasteiger charge is -2.15. The van der Waals surface area contributed by atoms with Crippen LogP contribution in [-0.2, 0) is 10.9 Å². The number of thioether (sulfide) groups is 1. The van der Waals surface area contributed by atoms with Crippen molar-refractivity contribution in [2.45, 2.75) is 42.3 Å². The average molecular weight is 320 g/mol. The lowest BCUT2D eigenvalue weighted by molar-refractivity contribution is -0.137. The third kappa shape index (κ3) is 5.48. The number of aromatic nitrogens is 1. The van der Waals surface area contributed by atoms with Gasteiger partial charge in [-0.25, -0.2) is 4.98 Å². The van der Waals surface area contributed by atoms with E-state index in [1.54, 1.807) is 0 Å². The van der Waals surface area contributed by atoms with E-state index in [-0.39, 0.29) is 5.25 Å². The molecule has 1 aromatic heterocycles. The molecule has 0 aliphatic carbocycles. The van der Waals surface area contributed by atoms with Gasteiger partial charge in [0.25, 0.3) is 0 Å². The number of rotatable bonds is 6. The molecule has 2 unspecified atom stereocenters. The second-order valence-corrected chi connectivity index (χ2v) is 6.56. The van der Waals surface area contributed by atoms with E-state index >= 15 is 0 Å². The van der Waals surface area contributed by atoms with Gasteiger partial charge in [-0.3, -0.25) is 0 Å². The number of pyridine rings is 1. The summed E-state index contributed by atoms with van der Waals surface area (Å²) < 4.78 is 42.8. The Labute approximate surface area is 126 Å². The summed E-state index contributed by atoms with van der Waals surface area (Å²) in [6.07, 6.45) is -0.938. The first-order valence-corrected chi connectivity index (χ1v) is 7.85. The second-order valence-electron chi connectivity index (χ2n) is 5.10. The Morgan fingerprint density at radius 2 is 2.29 bits per heavy atom. The van der Waals surface area contributed by atoms with Gasteiger partial charge in [0, 0.05) is 31.1 Å². The normalized spacial score (nSPS) is 20.7. The first-order chi connectivity index (χ1) is 9.95. The lowest BCUT2D eigenvalue weighted by Crippen LogP contribution is -2.30. The second kappa shape index (κ2) is 7.47. The molecule has 1 fully saturated rings. The van der Waals surface area contributed by atoms with Crippen molar-refractivity contribution < 1.29 is 17.9 Å². The Kier molecular flexibility index (Phi) is 5.89. The minimum Gasteiger partial charge on any atom is -0.377 e. The number of hydrogen-bond donors (Lipinski definition) is 1. The topological polar surface area (TPSA) is 34.1 Å². The zero-order chi connectivity index (χ0) is 15.3. The number of alkyl halides is 3. The fraction of sp³-hybridized carbons (Fsp3) is 0.643. The van der Waals surface area contributed by atoms with Gasteiger partial charge in [0.2, 0.25) is 0 Å². The fourth-order valence-corrected chi connectivity index (χ4v) is 2.99. The van der Waals surface area contributed by atoms with Crippen LogP contribution in [0.15, 0.2) is 23.4 Å². The van der Waals surface area contributed by atoms with Gasteiger partial charge in [-0.2, -0.15) is 13.2 Å². The molecule has 0 amide bonds. The summed E-state index contributed by atoms with van der Waals surface area (Å²) in [5.41, 5.74) is -0.712. The summed E-state index contributed by atoms with van der Waals surface area (Å²) in [4.78, 5) is 3.86. The largest absolute Gasteiger partial charge is 0.417 e. The minimum absolute atomic E-state index is 0.232. The molecular weight excluding hydrogens is 301 g/mol. The van der Waals surface area contributed by atoms with Crippen molar-refractivity contribution in [2.75, 3.05) is 19.7 Å². The first-order valence-electron chi connectivity index (χ1n) is 6.97. The van der Waals surface area contributed by atoms with Crippen LogP contribution in [0, 0.1) is 0 Å². The fourth-order valence-electron chi connectivity index (χ4n) is 2.12. The zero-order valence-corrected chi connectivity index (χ0v) is 12.6. The van der Waals surface area contributed by atoms with E-state index in [0.29, 0.717) is 11.1 Å². The molecule has 0 spiro atoms. The Bertz CT molecular complexity index is 433. The summed E-state index contributed by atoms with van der Waals surface area (Å²) in [7, 11) is 0. The average Bonchev–Trinajstić information content (AvgIpc) is 2.91. The summed E-state index contributed by atoms with van der Waals surface area (Å²) in [6, 6.07) is 2.49. The molecule has 1 aliphatic heterocycles. The van der Waals surface area contributed by atoms with Crippen molar-refractivity contribution >= 4 is 11.8 Å². The van der Waals surface area contributed by atoms with Gasteiger partial charge in [0.05, 0.1) is 16.7 Å². The SMILES string of the molecule is CC(CNCC1CCCO1)Sc1ccc(C(F)(F)F)cn1. The van der Waals surface area contributed by atoms with Gasteiger partial charge in [0.15, 0.2) is 0 Å². The molecule has 0 radical (unpaired) electrons. The van der Waals surface area contributed by atoms with Gasteiger partial charge < -0.3 is 10.1 Å². The van der Waals surface area contributed by atoms with Crippen LogP contribution in [-0.4, -0.2) is 36.0 Å². The predicted molar refractivity (Wildman–Crippen MR) is 76.4 cm³/mol.